The first-order valence-electron chi connectivity index (χ1n) is 3.92. The third-order valence-corrected chi connectivity index (χ3v) is 1.40. The van der Waals surface area contributed by atoms with Gasteiger partial charge in [-0.2, -0.15) is 13.2 Å². The second-order valence-electron chi connectivity index (χ2n) is 2.64. The number of halogens is 3. The molecule has 1 aromatic heterocycles. The van der Waals surface area contributed by atoms with E-state index in [0.717, 1.165) is 19.2 Å². The van der Waals surface area contributed by atoms with Crippen LogP contribution in [0.5, 0.6) is 0 Å². The molecule has 7 heteroatoms. The summed E-state index contributed by atoms with van der Waals surface area (Å²) in [7, 11) is 0. The highest BCUT2D eigenvalue weighted by molar-refractivity contribution is 5.65. The van der Waals surface area contributed by atoms with Crippen LogP contribution in [0.15, 0.2) is 12.3 Å². The van der Waals surface area contributed by atoms with Crippen molar-refractivity contribution in [1.82, 2.24) is 9.97 Å². The van der Waals surface area contributed by atoms with Gasteiger partial charge in [0.1, 0.15) is 5.69 Å². The highest BCUT2D eigenvalue weighted by atomic mass is 19.4. The van der Waals surface area contributed by atoms with E-state index in [9.17, 15) is 18.0 Å². The maximum atomic E-state index is 12.2. The van der Waals surface area contributed by atoms with Gasteiger partial charge in [0.25, 0.3) is 0 Å². The fourth-order valence-electron chi connectivity index (χ4n) is 0.793. The Hall–Kier alpha value is -1.66. The molecule has 4 nitrogen and oxygen atoms in total. The molecule has 0 radical (unpaired) electrons. The Balaban J connectivity index is 2.79. The molecule has 0 aliphatic heterocycles. The van der Waals surface area contributed by atoms with E-state index >= 15 is 0 Å². The minimum Gasteiger partial charge on any atom is -0.458 e. The summed E-state index contributed by atoms with van der Waals surface area (Å²) in [5, 5.41) is 0. The molecule has 15 heavy (non-hydrogen) atoms. The monoisotopic (exact) mass is 220 g/mol. The molecule has 0 amide bonds. The Bertz CT molecular complexity index is 365. The minimum atomic E-state index is -4.52. The number of esters is 1. The van der Waals surface area contributed by atoms with Crippen molar-refractivity contribution in [1.29, 1.82) is 0 Å². The first-order chi connectivity index (χ1) is 6.89. The number of aromatic nitrogens is 2. The van der Waals surface area contributed by atoms with Crippen molar-refractivity contribution >= 4 is 5.97 Å². The highest BCUT2D eigenvalue weighted by Gasteiger charge is 2.32. The van der Waals surface area contributed by atoms with Crippen LogP contribution in [-0.4, -0.2) is 15.9 Å². The van der Waals surface area contributed by atoms with Gasteiger partial charge in [0.05, 0.1) is 0 Å². The number of hydrogen-bond donors (Lipinski definition) is 0. The molecule has 0 saturated heterocycles. The molecular weight excluding hydrogens is 213 g/mol. The van der Waals surface area contributed by atoms with E-state index in [1.807, 2.05) is 0 Å². The van der Waals surface area contributed by atoms with Crippen LogP contribution in [0.4, 0.5) is 13.2 Å². The first-order valence-corrected chi connectivity index (χ1v) is 3.92. The molecule has 0 aromatic carbocycles. The number of carbonyl (C=O) groups is 1. The van der Waals surface area contributed by atoms with Crippen molar-refractivity contribution in [3.05, 3.63) is 23.8 Å². The van der Waals surface area contributed by atoms with E-state index in [-0.39, 0.29) is 12.4 Å². The molecule has 0 unspecified atom stereocenters. The summed E-state index contributed by atoms with van der Waals surface area (Å²) in [4.78, 5) is 17.1. The molecule has 1 rings (SSSR count). The van der Waals surface area contributed by atoms with E-state index < -0.39 is 17.8 Å². The second kappa shape index (κ2) is 4.24. The smallest absolute Gasteiger partial charge is 0.433 e. The lowest BCUT2D eigenvalue weighted by molar-refractivity contribution is -0.143. The average Bonchev–Trinajstić information content (AvgIpc) is 2.14. The topological polar surface area (TPSA) is 52.1 Å². The molecule has 0 aliphatic carbocycles. The van der Waals surface area contributed by atoms with Gasteiger partial charge in [0.15, 0.2) is 12.4 Å². The summed E-state index contributed by atoms with van der Waals surface area (Å²) in [6.45, 7) is 0.785. The predicted octanol–water partition coefficient (Wildman–Crippen LogP) is 1.56. The zero-order chi connectivity index (χ0) is 11.5. The summed E-state index contributed by atoms with van der Waals surface area (Å²) < 4.78 is 41.0. The van der Waals surface area contributed by atoms with Crippen LogP contribution in [-0.2, 0) is 22.3 Å². The van der Waals surface area contributed by atoms with Gasteiger partial charge < -0.3 is 4.74 Å². The van der Waals surface area contributed by atoms with Gasteiger partial charge in [-0.1, -0.05) is 0 Å². The normalized spacial score (nSPS) is 11.2. The molecule has 82 valence electrons. The number of rotatable bonds is 2. The third kappa shape index (κ3) is 3.53. The van der Waals surface area contributed by atoms with Crippen molar-refractivity contribution in [3.63, 3.8) is 0 Å². The second-order valence-corrected chi connectivity index (χ2v) is 2.64. The quantitative estimate of drug-likeness (QED) is 0.709. The highest BCUT2D eigenvalue weighted by Crippen LogP contribution is 2.26. The van der Waals surface area contributed by atoms with Gasteiger partial charge in [0, 0.05) is 13.1 Å². The maximum absolute atomic E-state index is 12.2. The van der Waals surface area contributed by atoms with Gasteiger partial charge in [-0.25, -0.2) is 9.97 Å². The SMILES string of the molecule is CC(=O)OCc1nccc(C(F)(F)F)n1. The van der Waals surface area contributed by atoms with Crippen LogP contribution in [0.3, 0.4) is 0 Å². The van der Waals surface area contributed by atoms with E-state index in [1.54, 1.807) is 0 Å². The van der Waals surface area contributed by atoms with Crippen molar-refractivity contribution in [2.24, 2.45) is 0 Å². The summed E-state index contributed by atoms with van der Waals surface area (Å²) in [6.07, 6.45) is -3.55. The van der Waals surface area contributed by atoms with Gasteiger partial charge in [-0.3, -0.25) is 4.79 Å². The summed E-state index contributed by atoms with van der Waals surface area (Å²) in [5.74, 6) is -0.781. The number of ether oxygens (including phenoxy) is 1. The Kier molecular flexibility index (Phi) is 3.23. The number of hydrogen-bond acceptors (Lipinski definition) is 4. The molecule has 0 bridgehead atoms. The predicted molar refractivity (Wildman–Crippen MR) is 42.5 cm³/mol. The third-order valence-electron chi connectivity index (χ3n) is 1.40. The fraction of sp³-hybridized carbons (Fsp3) is 0.375. The van der Waals surface area contributed by atoms with Crippen molar-refractivity contribution < 1.29 is 22.7 Å². The van der Waals surface area contributed by atoms with E-state index in [4.69, 9.17) is 0 Å². The average molecular weight is 220 g/mol. The van der Waals surface area contributed by atoms with Crippen LogP contribution in [0.1, 0.15) is 18.4 Å². The molecule has 0 N–H and O–H groups in total. The van der Waals surface area contributed by atoms with E-state index in [2.05, 4.69) is 14.7 Å². The molecular formula is C8H7F3N2O2. The van der Waals surface area contributed by atoms with Crippen LogP contribution < -0.4 is 0 Å². The number of carbonyl (C=O) groups excluding carboxylic acids is 1. The number of nitrogens with zero attached hydrogens (tertiary/aromatic N) is 2. The molecule has 0 saturated carbocycles. The molecule has 0 aliphatic rings. The first kappa shape index (κ1) is 11.4. The van der Waals surface area contributed by atoms with Crippen LogP contribution in [0.2, 0.25) is 0 Å². The molecule has 1 aromatic rings. The Morgan fingerprint density at radius 3 is 2.73 bits per heavy atom. The molecule has 1 heterocycles. The van der Waals surface area contributed by atoms with Gasteiger partial charge in [0.2, 0.25) is 0 Å². The standard InChI is InChI=1S/C8H7F3N2O2/c1-5(14)15-4-7-12-3-2-6(13-7)8(9,10)11/h2-3H,4H2,1H3. The van der Waals surface area contributed by atoms with Crippen LogP contribution in [0.25, 0.3) is 0 Å². The van der Waals surface area contributed by atoms with Gasteiger partial charge in [-0.05, 0) is 6.07 Å². The molecule has 0 atom stereocenters. The van der Waals surface area contributed by atoms with Gasteiger partial charge in [-0.15, -0.1) is 0 Å². The van der Waals surface area contributed by atoms with E-state index in [0.29, 0.717) is 0 Å². The largest absolute Gasteiger partial charge is 0.458 e. The zero-order valence-corrected chi connectivity index (χ0v) is 7.71. The summed E-state index contributed by atoms with van der Waals surface area (Å²) >= 11 is 0. The summed E-state index contributed by atoms with van der Waals surface area (Å²) in [5.41, 5.74) is -1.06. The number of alkyl halides is 3. The van der Waals surface area contributed by atoms with Crippen molar-refractivity contribution in [2.45, 2.75) is 19.7 Å². The molecule has 0 spiro atoms. The Morgan fingerprint density at radius 2 is 2.20 bits per heavy atom. The lowest BCUT2D eigenvalue weighted by atomic mass is 10.4. The zero-order valence-electron chi connectivity index (χ0n) is 7.71. The van der Waals surface area contributed by atoms with Crippen LogP contribution >= 0.6 is 0 Å². The molecule has 0 fully saturated rings. The Morgan fingerprint density at radius 1 is 1.53 bits per heavy atom. The van der Waals surface area contributed by atoms with Crippen molar-refractivity contribution in [3.8, 4) is 0 Å². The fourth-order valence-corrected chi connectivity index (χ4v) is 0.793. The minimum absolute atomic E-state index is 0.181. The van der Waals surface area contributed by atoms with E-state index in [1.165, 1.54) is 0 Å². The lowest BCUT2D eigenvalue weighted by Gasteiger charge is -2.06. The van der Waals surface area contributed by atoms with Crippen molar-refractivity contribution in [2.75, 3.05) is 0 Å². The van der Waals surface area contributed by atoms with Gasteiger partial charge >= 0.3 is 12.1 Å². The summed E-state index contributed by atoms with van der Waals surface area (Å²) in [6, 6.07) is 0.747. The maximum Gasteiger partial charge on any atom is 0.433 e. The Labute approximate surface area is 83.1 Å². The lowest BCUT2D eigenvalue weighted by Crippen LogP contribution is -2.11. The van der Waals surface area contributed by atoms with Crippen LogP contribution in [0, 0.1) is 0 Å².